The van der Waals surface area contributed by atoms with Gasteiger partial charge >= 0.3 is 5.97 Å². The summed E-state index contributed by atoms with van der Waals surface area (Å²) >= 11 is 0. The summed E-state index contributed by atoms with van der Waals surface area (Å²) in [4.78, 5) is 11.8. The first-order chi connectivity index (χ1) is 15.9. The van der Waals surface area contributed by atoms with Gasteiger partial charge in [-0.3, -0.25) is 0 Å². The average Bonchev–Trinajstić information content (AvgIpc) is 2.76. The van der Waals surface area contributed by atoms with Gasteiger partial charge in [0.05, 0.1) is 26.7 Å². The van der Waals surface area contributed by atoms with E-state index in [0.29, 0.717) is 11.0 Å². The minimum absolute atomic E-state index is 0.0954. The van der Waals surface area contributed by atoms with Gasteiger partial charge < -0.3 is 14.3 Å². The molecule has 0 aromatic heterocycles. The molecule has 0 saturated carbocycles. The molecule has 1 atom stereocenters. The van der Waals surface area contributed by atoms with E-state index < -0.39 is 6.10 Å². The molecule has 0 spiro atoms. The van der Waals surface area contributed by atoms with E-state index in [0.717, 1.165) is 13.0 Å². The number of aliphatic hydroxyl groups is 1. The van der Waals surface area contributed by atoms with Gasteiger partial charge in [-0.25, -0.2) is 4.79 Å². The monoisotopic (exact) mass is 470 g/mol. The van der Waals surface area contributed by atoms with E-state index in [1.807, 2.05) is 0 Å². The number of carbonyl (C=O) groups is 1. The SMILES string of the molecule is CCCCCCCCCCCCCCCCCCCCCC[N+](C)(C)CC(=O)OCC(C)O. The molecule has 1 unspecified atom stereocenters. The molecular formula is C29H60NO3+. The zero-order chi connectivity index (χ0) is 24.6. The summed E-state index contributed by atoms with van der Waals surface area (Å²) in [6.07, 6.45) is 27.4. The number of rotatable bonds is 25. The molecule has 198 valence electrons. The van der Waals surface area contributed by atoms with Gasteiger partial charge in [-0.2, -0.15) is 0 Å². The second-order valence-electron chi connectivity index (χ2n) is 11.1. The normalized spacial score (nSPS) is 12.8. The molecule has 1 N–H and O–H groups in total. The van der Waals surface area contributed by atoms with Gasteiger partial charge in [0, 0.05) is 0 Å². The number of aliphatic hydroxyl groups excluding tert-OH is 1. The smallest absolute Gasteiger partial charge is 0.361 e. The number of likely N-dealkylation sites (N-methyl/N-ethyl adjacent to an activating group) is 1. The molecule has 0 saturated heterocycles. The van der Waals surface area contributed by atoms with Crippen molar-refractivity contribution < 1.29 is 19.1 Å². The molecule has 4 nitrogen and oxygen atoms in total. The third kappa shape index (κ3) is 25.8. The van der Waals surface area contributed by atoms with Crippen LogP contribution in [0.3, 0.4) is 0 Å². The zero-order valence-corrected chi connectivity index (χ0v) is 23.1. The van der Waals surface area contributed by atoms with Crippen LogP contribution in [0, 0.1) is 0 Å². The van der Waals surface area contributed by atoms with E-state index in [4.69, 9.17) is 4.74 Å². The van der Waals surface area contributed by atoms with Crippen LogP contribution < -0.4 is 0 Å². The Balaban J connectivity index is 3.30. The first-order valence-corrected chi connectivity index (χ1v) is 14.5. The molecule has 33 heavy (non-hydrogen) atoms. The lowest BCUT2D eigenvalue weighted by atomic mass is 10.0. The van der Waals surface area contributed by atoms with Crippen molar-refractivity contribution in [3.05, 3.63) is 0 Å². The van der Waals surface area contributed by atoms with E-state index in [1.165, 1.54) is 122 Å². The van der Waals surface area contributed by atoms with Crippen LogP contribution in [0.1, 0.15) is 142 Å². The van der Waals surface area contributed by atoms with Gasteiger partial charge in [-0.15, -0.1) is 0 Å². The van der Waals surface area contributed by atoms with Crippen molar-refractivity contribution in [2.45, 2.75) is 148 Å². The Morgan fingerprint density at radius 1 is 0.667 bits per heavy atom. The fourth-order valence-corrected chi connectivity index (χ4v) is 4.48. The Morgan fingerprint density at radius 2 is 1.00 bits per heavy atom. The van der Waals surface area contributed by atoms with Crippen molar-refractivity contribution in [3.8, 4) is 0 Å². The number of nitrogens with zero attached hydrogens (tertiary/aromatic N) is 1. The predicted molar refractivity (Wildman–Crippen MR) is 142 cm³/mol. The highest BCUT2D eigenvalue weighted by atomic mass is 16.5. The van der Waals surface area contributed by atoms with Crippen LogP contribution in [0.2, 0.25) is 0 Å². The zero-order valence-electron chi connectivity index (χ0n) is 23.1. The quantitative estimate of drug-likeness (QED) is 0.0840. The van der Waals surface area contributed by atoms with Crippen LogP contribution in [0.15, 0.2) is 0 Å². The molecule has 0 fully saturated rings. The number of ether oxygens (including phenoxy) is 1. The van der Waals surface area contributed by atoms with E-state index >= 15 is 0 Å². The molecule has 0 rings (SSSR count). The molecule has 0 amide bonds. The second-order valence-corrected chi connectivity index (χ2v) is 11.1. The molecular weight excluding hydrogens is 410 g/mol. The van der Waals surface area contributed by atoms with Gasteiger partial charge in [0.1, 0.15) is 6.61 Å². The summed E-state index contributed by atoms with van der Waals surface area (Å²) in [7, 11) is 4.17. The maximum Gasteiger partial charge on any atom is 0.361 e. The maximum absolute atomic E-state index is 11.8. The number of carbonyl (C=O) groups excluding carboxylic acids is 1. The summed E-state index contributed by atoms with van der Waals surface area (Å²) in [6.45, 7) is 5.40. The molecule has 4 heteroatoms. The largest absolute Gasteiger partial charge is 0.459 e. The molecule has 0 aromatic carbocycles. The number of hydrogen-bond donors (Lipinski definition) is 1. The molecule has 0 aliphatic rings. The third-order valence-electron chi connectivity index (χ3n) is 6.66. The molecule has 0 aromatic rings. The Bertz CT molecular complexity index is 423. The summed E-state index contributed by atoms with van der Waals surface area (Å²) < 4.78 is 5.75. The van der Waals surface area contributed by atoms with Gasteiger partial charge in [0.2, 0.25) is 0 Å². The molecule has 0 radical (unpaired) electrons. The fraction of sp³-hybridized carbons (Fsp3) is 0.966. The Hall–Kier alpha value is -0.610. The van der Waals surface area contributed by atoms with Gasteiger partial charge in [0.15, 0.2) is 6.54 Å². The van der Waals surface area contributed by atoms with Crippen molar-refractivity contribution in [3.63, 3.8) is 0 Å². The lowest BCUT2D eigenvalue weighted by molar-refractivity contribution is -0.883. The van der Waals surface area contributed by atoms with Crippen molar-refractivity contribution in [2.75, 3.05) is 33.8 Å². The number of unbranched alkanes of at least 4 members (excludes halogenated alkanes) is 19. The molecule has 0 heterocycles. The van der Waals surface area contributed by atoms with E-state index in [-0.39, 0.29) is 12.6 Å². The van der Waals surface area contributed by atoms with Gasteiger partial charge in [0.25, 0.3) is 0 Å². The maximum atomic E-state index is 11.8. The highest BCUT2D eigenvalue weighted by Gasteiger charge is 2.20. The van der Waals surface area contributed by atoms with Crippen molar-refractivity contribution >= 4 is 5.97 Å². The lowest BCUT2D eigenvalue weighted by Gasteiger charge is -2.28. The predicted octanol–water partition coefficient (Wildman–Crippen LogP) is 7.81. The first-order valence-electron chi connectivity index (χ1n) is 14.5. The van der Waals surface area contributed by atoms with Crippen LogP contribution in [-0.2, 0) is 9.53 Å². The van der Waals surface area contributed by atoms with E-state index in [1.54, 1.807) is 6.92 Å². The summed E-state index contributed by atoms with van der Waals surface area (Å²) in [6, 6.07) is 0. The third-order valence-corrected chi connectivity index (χ3v) is 6.66. The number of hydrogen-bond acceptors (Lipinski definition) is 3. The Labute approximate surface area is 207 Å². The fourth-order valence-electron chi connectivity index (χ4n) is 4.48. The lowest BCUT2D eigenvalue weighted by Crippen LogP contribution is -2.45. The van der Waals surface area contributed by atoms with Crippen LogP contribution in [0.25, 0.3) is 0 Å². The van der Waals surface area contributed by atoms with Crippen molar-refractivity contribution in [1.82, 2.24) is 0 Å². The molecule has 0 aliphatic heterocycles. The van der Waals surface area contributed by atoms with Gasteiger partial charge in [-0.05, 0) is 19.8 Å². The standard InChI is InChI=1S/C29H60NO3/c1-5-6-7-8-9-10-11-12-13-14-15-16-17-18-19-20-21-22-23-24-25-30(3,4)26-29(32)33-27-28(2)31/h28,31H,5-27H2,1-4H3/q+1. The minimum Gasteiger partial charge on any atom is -0.459 e. The topological polar surface area (TPSA) is 46.5 Å². The van der Waals surface area contributed by atoms with Crippen molar-refractivity contribution in [2.24, 2.45) is 0 Å². The van der Waals surface area contributed by atoms with Crippen LogP contribution in [-0.4, -0.2) is 55.5 Å². The first kappa shape index (κ1) is 32.4. The Kier molecular flexibility index (Phi) is 22.7. The highest BCUT2D eigenvalue weighted by Crippen LogP contribution is 2.15. The van der Waals surface area contributed by atoms with Crippen molar-refractivity contribution in [1.29, 1.82) is 0 Å². The van der Waals surface area contributed by atoms with Gasteiger partial charge in [-0.1, -0.05) is 122 Å². The van der Waals surface area contributed by atoms with Crippen LogP contribution in [0.4, 0.5) is 0 Å². The van der Waals surface area contributed by atoms with Crippen LogP contribution >= 0.6 is 0 Å². The summed E-state index contributed by atoms with van der Waals surface area (Å²) in [5.41, 5.74) is 0. The molecule has 0 aliphatic carbocycles. The number of esters is 1. The summed E-state index contributed by atoms with van der Waals surface area (Å²) in [5.74, 6) is -0.214. The second kappa shape index (κ2) is 23.1. The average molecular weight is 471 g/mol. The highest BCUT2D eigenvalue weighted by molar-refractivity contribution is 5.70. The molecule has 0 bridgehead atoms. The summed E-state index contributed by atoms with van der Waals surface area (Å²) in [5, 5.41) is 9.20. The van der Waals surface area contributed by atoms with Crippen LogP contribution in [0.5, 0.6) is 0 Å². The number of quaternary nitrogens is 1. The Morgan fingerprint density at radius 3 is 1.33 bits per heavy atom. The minimum atomic E-state index is -0.589. The van der Waals surface area contributed by atoms with E-state index in [2.05, 4.69) is 21.0 Å². The van der Waals surface area contributed by atoms with E-state index in [9.17, 15) is 9.90 Å².